The zero-order valence-corrected chi connectivity index (χ0v) is 8.82. The molecule has 1 saturated carbocycles. The van der Waals surface area contributed by atoms with E-state index in [4.69, 9.17) is 4.74 Å². The number of thioether (sulfide) groups is 1. The van der Waals surface area contributed by atoms with Gasteiger partial charge < -0.3 is 10.1 Å². The quantitative estimate of drug-likeness (QED) is 0.744. The average Bonchev–Trinajstić information content (AvgIpc) is 2.56. The topological polar surface area (TPSA) is 33.6 Å². The van der Waals surface area contributed by atoms with Gasteiger partial charge in [-0.3, -0.25) is 4.99 Å². The van der Waals surface area contributed by atoms with Gasteiger partial charge in [-0.2, -0.15) is 0 Å². The predicted molar refractivity (Wildman–Crippen MR) is 56.4 cm³/mol. The molecule has 0 saturated heterocycles. The lowest BCUT2D eigenvalue weighted by Crippen LogP contribution is -2.48. The third-order valence-corrected chi connectivity index (χ3v) is 3.78. The van der Waals surface area contributed by atoms with Crippen LogP contribution in [0.2, 0.25) is 0 Å². The maximum Gasteiger partial charge on any atom is 0.156 e. The minimum absolute atomic E-state index is 0.117. The molecule has 0 aromatic carbocycles. The fourth-order valence-electron chi connectivity index (χ4n) is 1.70. The van der Waals surface area contributed by atoms with Crippen molar-refractivity contribution < 1.29 is 4.74 Å². The molecule has 0 amide bonds. The van der Waals surface area contributed by atoms with E-state index in [1.807, 2.05) is 18.9 Å². The van der Waals surface area contributed by atoms with Gasteiger partial charge in [0.05, 0.1) is 12.1 Å². The number of ether oxygens (including phenoxy) is 1. The van der Waals surface area contributed by atoms with Gasteiger partial charge in [-0.1, -0.05) is 11.8 Å². The van der Waals surface area contributed by atoms with Crippen molar-refractivity contribution in [1.82, 2.24) is 5.32 Å². The Morgan fingerprint density at radius 1 is 1.62 bits per heavy atom. The van der Waals surface area contributed by atoms with Crippen LogP contribution < -0.4 is 5.32 Å². The summed E-state index contributed by atoms with van der Waals surface area (Å²) in [6.45, 7) is 1.89. The molecule has 74 valence electrons. The molecule has 0 aromatic rings. The van der Waals surface area contributed by atoms with Gasteiger partial charge in [0.2, 0.25) is 0 Å². The molecule has 0 bridgehead atoms. The number of amidine groups is 1. The van der Waals surface area contributed by atoms with Crippen LogP contribution >= 0.6 is 11.8 Å². The molecular weight excluding hydrogens is 184 g/mol. The zero-order valence-electron chi connectivity index (χ0n) is 8.01. The summed E-state index contributed by atoms with van der Waals surface area (Å²) in [6.07, 6.45) is 3.68. The number of rotatable bonds is 3. The van der Waals surface area contributed by atoms with E-state index in [1.54, 1.807) is 0 Å². The van der Waals surface area contributed by atoms with Gasteiger partial charge in [0.25, 0.3) is 0 Å². The van der Waals surface area contributed by atoms with Crippen molar-refractivity contribution >= 4 is 16.9 Å². The number of methoxy groups -OCH3 is 1. The van der Waals surface area contributed by atoms with Gasteiger partial charge in [-0.25, -0.2) is 0 Å². The summed E-state index contributed by atoms with van der Waals surface area (Å²) in [5.74, 6) is 1.13. The number of hydrogen-bond acceptors (Lipinski definition) is 4. The maximum absolute atomic E-state index is 5.51. The number of aliphatic imine (C=N–C) groups is 1. The van der Waals surface area contributed by atoms with Crippen molar-refractivity contribution in [3.05, 3.63) is 0 Å². The molecule has 1 heterocycles. The van der Waals surface area contributed by atoms with E-state index in [-0.39, 0.29) is 5.60 Å². The first-order valence-electron chi connectivity index (χ1n) is 4.81. The van der Waals surface area contributed by atoms with Crippen LogP contribution in [0.5, 0.6) is 0 Å². The lowest BCUT2D eigenvalue weighted by Gasteiger charge is -2.40. The minimum atomic E-state index is 0.117. The second-order valence-corrected chi connectivity index (χ2v) is 4.71. The molecule has 0 unspecified atom stereocenters. The summed E-state index contributed by atoms with van der Waals surface area (Å²) in [4.78, 5) is 4.34. The van der Waals surface area contributed by atoms with Gasteiger partial charge in [0.1, 0.15) is 0 Å². The summed E-state index contributed by atoms with van der Waals surface area (Å²) < 4.78 is 5.51. The Morgan fingerprint density at radius 2 is 2.46 bits per heavy atom. The molecule has 1 N–H and O–H groups in total. The molecule has 4 heteroatoms. The van der Waals surface area contributed by atoms with Gasteiger partial charge >= 0.3 is 0 Å². The van der Waals surface area contributed by atoms with Crippen molar-refractivity contribution in [3.8, 4) is 0 Å². The molecule has 1 aliphatic heterocycles. The van der Waals surface area contributed by atoms with Crippen molar-refractivity contribution in [3.63, 3.8) is 0 Å². The van der Waals surface area contributed by atoms with Crippen LogP contribution in [-0.4, -0.2) is 36.7 Å². The van der Waals surface area contributed by atoms with E-state index < -0.39 is 0 Å². The highest BCUT2D eigenvalue weighted by atomic mass is 32.2. The molecule has 3 nitrogen and oxygen atoms in total. The number of nitrogens with one attached hydrogen (secondary N) is 1. The van der Waals surface area contributed by atoms with E-state index >= 15 is 0 Å². The highest BCUT2D eigenvalue weighted by Crippen LogP contribution is 2.34. The van der Waals surface area contributed by atoms with Crippen molar-refractivity contribution in [2.45, 2.75) is 24.9 Å². The first-order valence-corrected chi connectivity index (χ1v) is 5.79. The van der Waals surface area contributed by atoms with Crippen LogP contribution in [0.3, 0.4) is 0 Å². The average molecular weight is 200 g/mol. The van der Waals surface area contributed by atoms with Crippen LogP contribution in [0.15, 0.2) is 4.99 Å². The molecule has 0 radical (unpaired) electrons. The summed E-state index contributed by atoms with van der Waals surface area (Å²) in [5.41, 5.74) is 0.117. The smallest absolute Gasteiger partial charge is 0.156 e. The SMILES string of the molecule is COC1(CNC2=NCCS2)CCC1. The third kappa shape index (κ3) is 1.99. The molecule has 0 spiro atoms. The Morgan fingerprint density at radius 3 is 2.92 bits per heavy atom. The van der Waals surface area contributed by atoms with Crippen molar-refractivity contribution in [2.75, 3.05) is 26.0 Å². The van der Waals surface area contributed by atoms with Crippen LogP contribution in [0.1, 0.15) is 19.3 Å². The van der Waals surface area contributed by atoms with Crippen molar-refractivity contribution in [2.24, 2.45) is 4.99 Å². The minimum Gasteiger partial charge on any atom is -0.376 e. The largest absolute Gasteiger partial charge is 0.376 e. The lowest BCUT2D eigenvalue weighted by molar-refractivity contribution is -0.0663. The Balaban J connectivity index is 1.77. The second kappa shape index (κ2) is 3.88. The normalized spacial score (nSPS) is 25.2. The van der Waals surface area contributed by atoms with Gasteiger partial charge in [0.15, 0.2) is 5.17 Å². The molecule has 1 aliphatic carbocycles. The molecule has 2 rings (SSSR count). The van der Waals surface area contributed by atoms with Crippen LogP contribution in [0.25, 0.3) is 0 Å². The van der Waals surface area contributed by atoms with Gasteiger partial charge in [-0.05, 0) is 19.3 Å². The highest BCUT2D eigenvalue weighted by Gasteiger charge is 2.37. The molecule has 0 aromatic heterocycles. The molecule has 0 atom stereocenters. The second-order valence-electron chi connectivity index (χ2n) is 3.63. The zero-order chi connectivity index (χ0) is 9.15. The Kier molecular flexibility index (Phi) is 2.79. The third-order valence-electron chi connectivity index (χ3n) is 2.85. The monoisotopic (exact) mass is 200 g/mol. The standard InChI is InChI=1S/C9H16N2OS/c1-12-9(3-2-4-9)7-11-8-10-5-6-13-8/h2-7H2,1H3,(H,10,11). The Bertz CT molecular complexity index is 208. The van der Waals surface area contributed by atoms with E-state index in [2.05, 4.69) is 10.3 Å². The van der Waals surface area contributed by atoms with E-state index in [0.29, 0.717) is 0 Å². The fourth-order valence-corrected chi connectivity index (χ4v) is 2.44. The molecule has 1 fully saturated rings. The summed E-state index contributed by atoms with van der Waals surface area (Å²) in [7, 11) is 1.81. The Hall–Kier alpha value is -0.220. The predicted octanol–water partition coefficient (Wildman–Crippen LogP) is 1.25. The van der Waals surface area contributed by atoms with Gasteiger partial charge in [-0.15, -0.1) is 0 Å². The highest BCUT2D eigenvalue weighted by molar-refractivity contribution is 8.14. The van der Waals surface area contributed by atoms with Crippen LogP contribution in [0.4, 0.5) is 0 Å². The van der Waals surface area contributed by atoms with Crippen molar-refractivity contribution in [1.29, 1.82) is 0 Å². The van der Waals surface area contributed by atoms with E-state index in [1.165, 1.54) is 19.3 Å². The van der Waals surface area contributed by atoms with E-state index in [9.17, 15) is 0 Å². The Labute approximate surface area is 83.3 Å². The fraction of sp³-hybridized carbons (Fsp3) is 0.889. The first kappa shape index (κ1) is 9.34. The number of nitrogens with zero attached hydrogens (tertiary/aromatic N) is 1. The summed E-state index contributed by atoms with van der Waals surface area (Å²) in [5, 5.41) is 4.46. The molecule has 2 aliphatic rings. The number of hydrogen-bond donors (Lipinski definition) is 1. The first-order chi connectivity index (χ1) is 6.35. The summed E-state index contributed by atoms with van der Waals surface area (Å²) in [6, 6.07) is 0. The molecule has 13 heavy (non-hydrogen) atoms. The van der Waals surface area contributed by atoms with Crippen LogP contribution in [-0.2, 0) is 4.74 Å². The molecular formula is C9H16N2OS. The summed E-state index contributed by atoms with van der Waals surface area (Å²) >= 11 is 1.81. The van der Waals surface area contributed by atoms with Gasteiger partial charge in [0, 0.05) is 19.4 Å². The van der Waals surface area contributed by atoms with E-state index in [0.717, 1.165) is 24.0 Å². The van der Waals surface area contributed by atoms with Crippen LogP contribution in [0, 0.1) is 0 Å². The lowest BCUT2D eigenvalue weighted by atomic mass is 9.80. The maximum atomic E-state index is 5.51.